The van der Waals surface area contributed by atoms with Gasteiger partial charge in [0.05, 0.1) is 26.7 Å². The van der Waals surface area contributed by atoms with Crippen molar-refractivity contribution in [3.63, 3.8) is 0 Å². The molecule has 1 aromatic carbocycles. The normalized spacial score (nSPS) is 13.3. The lowest BCUT2D eigenvalue weighted by molar-refractivity contribution is 0.597. The fourth-order valence-electron chi connectivity index (χ4n) is 4.19. The summed E-state index contributed by atoms with van der Waals surface area (Å²) < 4.78 is 26.9. The number of hydrogen-bond acceptors (Lipinski definition) is 4. The second-order valence-corrected chi connectivity index (χ2v) is 10.1. The molecule has 7 heteroatoms. The molecule has 162 valence electrons. The van der Waals surface area contributed by atoms with Crippen LogP contribution in [-0.4, -0.2) is 28.4 Å². The number of nitrogens with one attached hydrogen (secondary N) is 2. The van der Waals surface area contributed by atoms with Crippen LogP contribution >= 0.6 is 0 Å². The molecule has 0 atom stereocenters. The predicted molar refractivity (Wildman–Crippen MR) is 129 cm³/mol. The van der Waals surface area contributed by atoms with Crippen LogP contribution in [0.25, 0.3) is 34.2 Å². The summed E-state index contributed by atoms with van der Waals surface area (Å²) in [6.07, 6.45) is 5.44. The van der Waals surface area contributed by atoms with Crippen molar-refractivity contribution in [3.05, 3.63) is 95.6 Å². The van der Waals surface area contributed by atoms with E-state index in [4.69, 9.17) is 4.98 Å². The fraction of sp³-hybridized carbons (Fsp3) is 0.0769. The molecule has 0 saturated carbocycles. The molecule has 0 amide bonds. The standard InChI is InChI=1S/C26H20N4O2S/c31-33(32,24-4-2-1-3-5-24)26-16-23-14-21-9-8-19(28-21)12-17-6-7-18(27-17)13-20-10-11-22(29-20)15-25(26)30-23/h1-7,10-16,27,30H,8-9H2. The van der Waals surface area contributed by atoms with Gasteiger partial charge >= 0.3 is 0 Å². The first kappa shape index (κ1) is 19.7. The number of sulfone groups is 1. The summed E-state index contributed by atoms with van der Waals surface area (Å²) in [7, 11) is -3.71. The van der Waals surface area contributed by atoms with Crippen molar-refractivity contribution in [2.24, 2.45) is 0 Å². The maximum absolute atomic E-state index is 13.5. The Morgan fingerprint density at radius 2 is 1.33 bits per heavy atom. The van der Waals surface area contributed by atoms with E-state index in [1.807, 2.05) is 42.5 Å². The van der Waals surface area contributed by atoms with E-state index in [1.54, 1.807) is 42.5 Å². The molecule has 2 aliphatic rings. The zero-order valence-corrected chi connectivity index (χ0v) is 18.4. The molecule has 6 nitrogen and oxygen atoms in total. The molecule has 2 N–H and O–H groups in total. The van der Waals surface area contributed by atoms with Crippen molar-refractivity contribution in [1.82, 2.24) is 19.9 Å². The van der Waals surface area contributed by atoms with Gasteiger partial charge < -0.3 is 9.97 Å². The Kier molecular flexibility index (Phi) is 4.52. The van der Waals surface area contributed by atoms with Crippen molar-refractivity contribution in [2.45, 2.75) is 22.6 Å². The van der Waals surface area contributed by atoms with Crippen LogP contribution in [0.2, 0.25) is 0 Å². The number of fused-ring (bicyclic) bond motifs is 8. The van der Waals surface area contributed by atoms with Crippen LogP contribution in [0.1, 0.15) is 22.8 Å². The number of nitrogens with zero attached hydrogens (tertiary/aromatic N) is 2. The lowest BCUT2D eigenvalue weighted by atomic mass is 10.2. The second kappa shape index (κ2) is 7.56. The highest BCUT2D eigenvalue weighted by Gasteiger charge is 2.21. The monoisotopic (exact) mass is 452 g/mol. The zero-order valence-electron chi connectivity index (χ0n) is 17.6. The molecule has 6 rings (SSSR count). The third kappa shape index (κ3) is 3.76. The van der Waals surface area contributed by atoms with Crippen molar-refractivity contribution in [3.8, 4) is 0 Å². The average molecular weight is 453 g/mol. The largest absolute Gasteiger partial charge is 0.355 e. The molecule has 0 fully saturated rings. The third-order valence-electron chi connectivity index (χ3n) is 5.75. The molecular weight excluding hydrogens is 432 g/mol. The molecule has 3 aromatic heterocycles. The SMILES string of the molecule is O=S(=O)(c1ccccc1)c1cc2cc3nc(cc4ccc(cc5nc(cc1[nH]2)C=C5)[nH]4)CC3. The fourth-order valence-corrected chi connectivity index (χ4v) is 5.64. The van der Waals surface area contributed by atoms with Gasteiger partial charge in [-0.25, -0.2) is 13.4 Å². The Morgan fingerprint density at radius 1 is 0.667 bits per heavy atom. The number of rotatable bonds is 2. The van der Waals surface area contributed by atoms with Crippen LogP contribution in [0.4, 0.5) is 0 Å². The van der Waals surface area contributed by atoms with Crippen molar-refractivity contribution in [1.29, 1.82) is 0 Å². The molecule has 0 saturated heterocycles. The first-order chi connectivity index (χ1) is 16.0. The Balaban J connectivity index is 1.66. The van der Waals surface area contributed by atoms with Crippen LogP contribution in [0.5, 0.6) is 0 Å². The molecule has 0 aliphatic carbocycles. The van der Waals surface area contributed by atoms with E-state index < -0.39 is 9.84 Å². The van der Waals surface area contributed by atoms with E-state index in [9.17, 15) is 8.42 Å². The number of benzene rings is 1. The molecule has 0 spiro atoms. The van der Waals surface area contributed by atoms with Gasteiger partial charge in [0.15, 0.2) is 0 Å². The van der Waals surface area contributed by atoms with Gasteiger partial charge in [-0.2, -0.15) is 0 Å². The second-order valence-electron chi connectivity index (χ2n) is 8.15. The van der Waals surface area contributed by atoms with Gasteiger partial charge in [-0.1, -0.05) is 18.2 Å². The summed E-state index contributed by atoms with van der Waals surface area (Å²) in [5, 5.41) is 0. The minimum absolute atomic E-state index is 0.223. The third-order valence-corrected chi connectivity index (χ3v) is 7.56. The van der Waals surface area contributed by atoms with Crippen LogP contribution in [0.3, 0.4) is 0 Å². The van der Waals surface area contributed by atoms with Crippen molar-refractivity contribution >= 4 is 44.1 Å². The van der Waals surface area contributed by atoms with Gasteiger partial charge in [-0.05, 0) is 79.6 Å². The maximum atomic E-state index is 13.5. The molecule has 4 aromatic rings. The summed E-state index contributed by atoms with van der Waals surface area (Å²) >= 11 is 0. The first-order valence-corrected chi connectivity index (χ1v) is 12.2. The van der Waals surface area contributed by atoms with Crippen LogP contribution < -0.4 is 0 Å². The van der Waals surface area contributed by atoms with Gasteiger partial charge in [0.2, 0.25) is 9.84 Å². The Labute approximate surface area is 190 Å². The van der Waals surface area contributed by atoms with E-state index in [1.165, 1.54) is 0 Å². The number of aromatic amines is 2. The highest BCUT2D eigenvalue weighted by Crippen LogP contribution is 2.27. The van der Waals surface area contributed by atoms with Gasteiger partial charge in [0.25, 0.3) is 0 Å². The molecule has 8 bridgehead atoms. The Bertz CT molecular complexity index is 1680. The Morgan fingerprint density at radius 3 is 2.09 bits per heavy atom. The lowest BCUT2D eigenvalue weighted by Crippen LogP contribution is -2.00. The summed E-state index contributed by atoms with van der Waals surface area (Å²) in [5.74, 6) is 0. The van der Waals surface area contributed by atoms with Crippen LogP contribution in [0.15, 0.2) is 82.6 Å². The highest BCUT2D eigenvalue weighted by atomic mass is 32.2. The summed E-state index contributed by atoms with van der Waals surface area (Å²) in [6.45, 7) is 0. The first-order valence-electron chi connectivity index (χ1n) is 10.7. The highest BCUT2D eigenvalue weighted by molar-refractivity contribution is 7.91. The summed E-state index contributed by atoms with van der Waals surface area (Å²) in [4.78, 5) is 16.5. The smallest absolute Gasteiger partial charge is 0.208 e. The number of H-pyrrole nitrogens is 2. The van der Waals surface area contributed by atoms with E-state index in [-0.39, 0.29) is 9.79 Å². The van der Waals surface area contributed by atoms with Crippen molar-refractivity contribution < 1.29 is 8.42 Å². The number of hydrogen-bond donors (Lipinski definition) is 2. The Hall–Kier alpha value is -3.97. The minimum Gasteiger partial charge on any atom is -0.355 e. The molecule has 0 unspecified atom stereocenters. The van der Waals surface area contributed by atoms with Crippen molar-refractivity contribution in [2.75, 3.05) is 0 Å². The zero-order chi connectivity index (χ0) is 22.4. The van der Waals surface area contributed by atoms with Gasteiger partial charge in [-0.15, -0.1) is 0 Å². The number of aryl methyl sites for hydroxylation is 2. The lowest BCUT2D eigenvalue weighted by Gasteiger charge is -2.02. The molecule has 0 radical (unpaired) electrons. The van der Waals surface area contributed by atoms with E-state index >= 15 is 0 Å². The quantitative estimate of drug-likeness (QED) is 0.390. The van der Waals surface area contributed by atoms with Gasteiger partial charge in [0, 0.05) is 27.9 Å². The van der Waals surface area contributed by atoms with Gasteiger partial charge in [0.1, 0.15) is 0 Å². The molecular formula is C26H20N4O2S. The maximum Gasteiger partial charge on any atom is 0.208 e. The molecule has 5 heterocycles. The van der Waals surface area contributed by atoms with Crippen LogP contribution in [0, 0.1) is 0 Å². The summed E-state index contributed by atoms with van der Waals surface area (Å²) in [6, 6.07) is 21.9. The topological polar surface area (TPSA) is 91.5 Å². The summed E-state index contributed by atoms with van der Waals surface area (Å²) in [5.41, 5.74) is 6.51. The minimum atomic E-state index is -3.71. The number of aromatic nitrogens is 4. The van der Waals surface area contributed by atoms with E-state index in [0.717, 1.165) is 41.0 Å². The van der Waals surface area contributed by atoms with E-state index in [0.29, 0.717) is 16.7 Å². The van der Waals surface area contributed by atoms with E-state index in [2.05, 4.69) is 15.0 Å². The average Bonchev–Trinajstić information content (AvgIpc) is 3.59. The molecule has 33 heavy (non-hydrogen) atoms. The van der Waals surface area contributed by atoms with Gasteiger partial charge in [-0.3, -0.25) is 4.98 Å². The van der Waals surface area contributed by atoms with Crippen LogP contribution in [-0.2, 0) is 22.7 Å². The predicted octanol–water partition coefficient (Wildman–Crippen LogP) is 5.10. The molecule has 2 aliphatic heterocycles.